The third-order valence-electron chi connectivity index (χ3n) is 1.77. The molecule has 0 aliphatic heterocycles. The van der Waals surface area contributed by atoms with Gasteiger partial charge in [0, 0.05) is 0 Å². The first-order valence-electron chi connectivity index (χ1n) is 4.23. The van der Waals surface area contributed by atoms with Crippen LogP contribution < -0.4 is 0 Å². The third kappa shape index (κ3) is 2.62. The summed E-state index contributed by atoms with van der Waals surface area (Å²) in [6.07, 6.45) is 2.66. The van der Waals surface area contributed by atoms with Crippen LogP contribution in [0.3, 0.4) is 0 Å². The molecule has 0 bridgehead atoms. The smallest absolute Gasteiger partial charge is 0.153 e. The minimum Gasteiger partial charge on any atom is -0.385 e. The van der Waals surface area contributed by atoms with Crippen molar-refractivity contribution in [2.45, 2.75) is 32.8 Å². The monoisotopic (exact) mass is 169 g/mol. The predicted molar refractivity (Wildman–Crippen MR) is 45.4 cm³/mol. The van der Waals surface area contributed by atoms with Gasteiger partial charge in [0.1, 0.15) is 12.4 Å². The Morgan fingerprint density at radius 1 is 1.50 bits per heavy atom. The molecule has 0 aliphatic carbocycles. The van der Waals surface area contributed by atoms with Crippen molar-refractivity contribution in [1.29, 1.82) is 0 Å². The molecule has 0 saturated carbocycles. The first-order chi connectivity index (χ1) is 5.70. The third-order valence-corrected chi connectivity index (χ3v) is 1.77. The van der Waals surface area contributed by atoms with Crippen molar-refractivity contribution in [2.75, 3.05) is 0 Å². The van der Waals surface area contributed by atoms with E-state index in [0.717, 1.165) is 12.8 Å². The number of rotatable bonds is 4. The lowest BCUT2D eigenvalue weighted by molar-refractivity contribution is 0.150. The van der Waals surface area contributed by atoms with Gasteiger partial charge in [0.15, 0.2) is 5.82 Å². The molecule has 0 aromatic carbocycles. The van der Waals surface area contributed by atoms with Gasteiger partial charge in [-0.2, -0.15) is 5.10 Å². The van der Waals surface area contributed by atoms with Gasteiger partial charge in [0.05, 0.1) is 0 Å². The predicted octanol–water partition coefficient (Wildman–Crippen LogP) is 1.27. The van der Waals surface area contributed by atoms with Crippen LogP contribution in [0.25, 0.3) is 0 Å². The molecule has 1 aromatic rings. The first-order valence-corrected chi connectivity index (χ1v) is 4.23. The number of aliphatic hydroxyl groups is 1. The van der Waals surface area contributed by atoms with Crippen LogP contribution in [0.4, 0.5) is 0 Å². The van der Waals surface area contributed by atoms with Crippen LogP contribution in [0, 0.1) is 5.92 Å². The molecule has 0 radical (unpaired) electrons. The Kier molecular flexibility index (Phi) is 3.22. The van der Waals surface area contributed by atoms with E-state index in [1.54, 1.807) is 0 Å². The van der Waals surface area contributed by atoms with Crippen molar-refractivity contribution in [2.24, 2.45) is 5.92 Å². The summed E-state index contributed by atoms with van der Waals surface area (Å²) in [5.41, 5.74) is 0. The largest absolute Gasteiger partial charge is 0.385 e. The summed E-state index contributed by atoms with van der Waals surface area (Å²) in [6.45, 7) is 4.26. The summed E-state index contributed by atoms with van der Waals surface area (Å²) in [5.74, 6) is 1.18. The van der Waals surface area contributed by atoms with Crippen LogP contribution in [-0.2, 0) is 0 Å². The van der Waals surface area contributed by atoms with E-state index in [1.165, 1.54) is 6.33 Å². The minimum atomic E-state index is -0.491. The lowest BCUT2D eigenvalue weighted by Gasteiger charge is -2.08. The Bertz CT molecular complexity index is 208. The highest BCUT2D eigenvalue weighted by molar-refractivity contribution is 4.85. The van der Waals surface area contributed by atoms with E-state index in [0.29, 0.717) is 11.7 Å². The number of aromatic amines is 1. The molecule has 0 amide bonds. The SMILES string of the molecule is CC(C)CCC(O)c1ncn[nH]1. The summed E-state index contributed by atoms with van der Waals surface area (Å²) in [4.78, 5) is 3.88. The fourth-order valence-corrected chi connectivity index (χ4v) is 1.00. The van der Waals surface area contributed by atoms with Crippen LogP contribution in [-0.4, -0.2) is 20.3 Å². The average molecular weight is 169 g/mol. The number of H-pyrrole nitrogens is 1. The van der Waals surface area contributed by atoms with Crippen LogP contribution in [0.2, 0.25) is 0 Å². The summed E-state index contributed by atoms with van der Waals surface area (Å²) < 4.78 is 0. The van der Waals surface area contributed by atoms with Gasteiger partial charge < -0.3 is 5.11 Å². The van der Waals surface area contributed by atoms with E-state index in [2.05, 4.69) is 29.0 Å². The second-order valence-corrected chi connectivity index (χ2v) is 3.36. The van der Waals surface area contributed by atoms with E-state index in [-0.39, 0.29) is 0 Å². The maximum Gasteiger partial charge on any atom is 0.153 e. The Hall–Kier alpha value is -0.900. The number of hydrogen-bond donors (Lipinski definition) is 2. The maximum atomic E-state index is 9.52. The standard InChI is InChI=1S/C8H15N3O/c1-6(2)3-4-7(12)8-9-5-10-11-8/h5-7,12H,3-4H2,1-2H3,(H,9,10,11). The molecule has 4 nitrogen and oxygen atoms in total. The Labute approximate surface area is 72.0 Å². The van der Waals surface area contributed by atoms with E-state index in [4.69, 9.17) is 0 Å². The lowest BCUT2D eigenvalue weighted by atomic mass is 10.0. The van der Waals surface area contributed by atoms with Gasteiger partial charge >= 0.3 is 0 Å². The van der Waals surface area contributed by atoms with Gasteiger partial charge in [-0.3, -0.25) is 5.10 Å². The highest BCUT2D eigenvalue weighted by atomic mass is 16.3. The molecule has 1 aromatic heterocycles. The topological polar surface area (TPSA) is 61.8 Å². The summed E-state index contributed by atoms with van der Waals surface area (Å²) >= 11 is 0. The average Bonchev–Trinajstić information content (AvgIpc) is 2.51. The van der Waals surface area contributed by atoms with Crippen molar-refractivity contribution < 1.29 is 5.11 Å². The van der Waals surface area contributed by atoms with Crippen LogP contribution in [0.5, 0.6) is 0 Å². The van der Waals surface area contributed by atoms with Gasteiger partial charge in [-0.05, 0) is 18.8 Å². The molecule has 12 heavy (non-hydrogen) atoms. The molecule has 1 rings (SSSR count). The molecule has 2 N–H and O–H groups in total. The first kappa shape index (κ1) is 9.19. The normalized spacial score (nSPS) is 13.7. The van der Waals surface area contributed by atoms with E-state index in [9.17, 15) is 5.11 Å². The molecule has 1 heterocycles. The molecule has 1 unspecified atom stereocenters. The molecular weight excluding hydrogens is 154 g/mol. The van der Waals surface area contributed by atoms with Gasteiger partial charge in [-0.15, -0.1) is 0 Å². The molecule has 0 spiro atoms. The zero-order valence-electron chi connectivity index (χ0n) is 7.49. The van der Waals surface area contributed by atoms with Gasteiger partial charge in [0.25, 0.3) is 0 Å². The van der Waals surface area contributed by atoms with Crippen molar-refractivity contribution in [3.05, 3.63) is 12.2 Å². The molecule has 0 aliphatic rings. The fourth-order valence-electron chi connectivity index (χ4n) is 1.00. The van der Waals surface area contributed by atoms with Crippen molar-refractivity contribution in [1.82, 2.24) is 15.2 Å². The Morgan fingerprint density at radius 2 is 2.25 bits per heavy atom. The number of hydrogen-bond acceptors (Lipinski definition) is 3. The fraction of sp³-hybridized carbons (Fsp3) is 0.750. The van der Waals surface area contributed by atoms with E-state index >= 15 is 0 Å². The van der Waals surface area contributed by atoms with Gasteiger partial charge in [-0.1, -0.05) is 13.8 Å². The number of nitrogens with zero attached hydrogens (tertiary/aromatic N) is 2. The second-order valence-electron chi connectivity index (χ2n) is 3.36. The molecule has 0 saturated heterocycles. The van der Waals surface area contributed by atoms with Crippen LogP contribution >= 0.6 is 0 Å². The Balaban J connectivity index is 2.34. The van der Waals surface area contributed by atoms with Crippen molar-refractivity contribution >= 4 is 0 Å². The highest BCUT2D eigenvalue weighted by Gasteiger charge is 2.10. The molecule has 4 heteroatoms. The maximum absolute atomic E-state index is 9.52. The van der Waals surface area contributed by atoms with Gasteiger partial charge in [-0.25, -0.2) is 4.98 Å². The number of aliphatic hydroxyl groups excluding tert-OH is 1. The van der Waals surface area contributed by atoms with Gasteiger partial charge in [0.2, 0.25) is 0 Å². The molecular formula is C8H15N3O. The minimum absolute atomic E-state index is 0.491. The lowest BCUT2D eigenvalue weighted by Crippen LogP contribution is -2.01. The number of aromatic nitrogens is 3. The van der Waals surface area contributed by atoms with E-state index in [1.807, 2.05) is 0 Å². The zero-order chi connectivity index (χ0) is 8.97. The summed E-state index contributed by atoms with van der Waals surface area (Å²) in [5, 5.41) is 15.8. The molecule has 1 atom stereocenters. The Morgan fingerprint density at radius 3 is 2.75 bits per heavy atom. The zero-order valence-corrected chi connectivity index (χ0v) is 7.49. The second kappa shape index (κ2) is 4.21. The number of nitrogens with one attached hydrogen (secondary N) is 1. The van der Waals surface area contributed by atoms with Crippen molar-refractivity contribution in [3.8, 4) is 0 Å². The van der Waals surface area contributed by atoms with Crippen LogP contribution in [0.1, 0.15) is 38.6 Å². The summed E-state index contributed by atoms with van der Waals surface area (Å²) in [7, 11) is 0. The van der Waals surface area contributed by atoms with Crippen molar-refractivity contribution in [3.63, 3.8) is 0 Å². The quantitative estimate of drug-likeness (QED) is 0.713. The summed E-state index contributed by atoms with van der Waals surface area (Å²) in [6, 6.07) is 0. The molecule has 0 fully saturated rings. The van der Waals surface area contributed by atoms with E-state index < -0.39 is 6.10 Å². The highest BCUT2D eigenvalue weighted by Crippen LogP contribution is 2.16. The van der Waals surface area contributed by atoms with Crippen LogP contribution in [0.15, 0.2) is 6.33 Å². The molecule has 68 valence electrons.